The lowest BCUT2D eigenvalue weighted by atomic mass is 10.2. The minimum absolute atomic E-state index is 0.276. The number of hydrogen-bond acceptors (Lipinski definition) is 4. The Hall–Kier alpha value is -1.73. The molecule has 0 amide bonds. The first kappa shape index (κ1) is 13.3. The SMILES string of the molecule is N#CCCCCOC(=O)c1cc(Cl)ccc1N. The van der Waals surface area contributed by atoms with Crippen molar-refractivity contribution in [3.8, 4) is 6.07 Å². The number of hydrogen-bond donors (Lipinski definition) is 1. The first-order chi connectivity index (χ1) is 8.15. The molecule has 1 rings (SSSR count). The summed E-state index contributed by atoms with van der Waals surface area (Å²) in [5, 5.41) is 8.77. The second kappa shape index (κ2) is 6.77. The van der Waals surface area contributed by atoms with Gasteiger partial charge in [-0.25, -0.2) is 4.79 Å². The predicted octanol–water partition coefficient (Wildman–Crippen LogP) is 2.77. The van der Waals surface area contributed by atoms with Crippen molar-refractivity contribution in [3.05, 3.63) is 28.8 Å². The first-order valence-electron chi connectivity index (χ1n) is 5.24. The summed E-state index contributed by atoms with van der Waals surface area (Å²) in [5.41, 5.74) is 6.26. The Labute approximate surface area is 105 Å². The molecule has 1 aromatic rings. The van der Waals surface area contributed by atoms with E-state index in [9.17, 15) is 4.79 Å². The summed E-state index contributed by atoms with van der Waals surface area (Å²) < 4.78 is 5.02. The maximum Gasteiger partial charge on any atom is 0.340 e. The van der Waals surface area contributed by atoms with Gasteiger partial charge < -0.3 is 10.5 Å². The highest BCUT2D eigenvalue weighted by atomic mass is 35.5. The Morgan fingerprint density at radius 2 is 2.24 bits per heavy atom. The van der Waals surface area contributed by atoms with E-state index in [-0.39, 0.29) is 12.2 Å². The summed E-state index contributed by atoms with van der Waals surface area (Å²) in [6.45, 7) is 0.284. The first-order valence-corrected chi connectivity index (χ1v) is 5.62. The number of carbonyl (C=O) groups is 1. The van der Waals surface area contributed by atoms with E-state index >= 15 is 0 Å². The third-order valence-corrected chi connectivity index (χ3v) is 2.39. The summed E-state index contributed by atoms with van der Waals surface area (Å²) in [7, 11) is 0. The molecule has 5 heteroatoms. The van der Waals surface area contributed by atoms with Gasteiger partial charge in [0.15, 0.2) is 0 Å². The van der Waals surface area contributed by atoms with Crippen molar-refractivity contribution in [3.63, 3.8) is 0 Å². The van der Waals surface area contributed by atoms with Crippen LogP contribution in [0.4, 0.5) is 5.69 Å². The molecule has 0 unspecified atom stereocenters. The maximum absolute atomic E-state index is 11.6. The quantitative estimate of drug-likeness (QED) is 0.497. The standard InChI is InChI=1S/C12H13ClN2O2/c13-9-4-5-11(15)10(8-9)12(16)17-7-3-1-2-6-14/h4-5,8H,1-3,7,15H2. The van der Waals surface area contributed by atoms with Gasteiger partial charge in [-0.2, -0.15) is 5.26 Å². The predicted molar refractivity (Wildman–Crippen MR) is 65.6 cm³/mol. The minimum Gasteiger partial charge on any atom is -0.462 e. The number of unbranched alkanes of at least 4 members (excludes halogenated alkanes) is 2. The Morgan fingerprint density at radius 3 is 2.94 bits per heavy atom. The molecule has 90 valence electrons. The van der Waals surface area contributed by atoms with E-state index in [1.54, 1.807) is 12.1 Å². The molecule has 0 saturated heterocycles. The van der Waals surface area contributed by atoms with Crippen LogP contribution in [0.25, 0.3) is 0 Å². The van der Waals surface area contributed by atoms with E-state index in [1.165, 1.54) is 6.07 Å². The Balaban J connectivity index is 2.47. The monoisotopic (exact) mass is 252 g/mol. The van der Waals surface area contributed by atoms with Crippen LogP contribution in [0.1, 0.15) is 29.6 Å². The highest BCUT2D eigenvalue weighted by Crippen LogP contribution is 2.18. The number of nitrogen functional groups attached to an aromatic ring is 1. The lowest BCUT2D eigenvalue weighted by Crippen LogP contribution is -2.09. The van der Waals surface area contributed by atoms with Crippen LogP contribution in [-0.2, 0) is 4.74 Å². The molecule has 0 heterocycles. The van der Waals surface area contributed by atoms with Crippen LogP contribution in [0.5, 0.6) is 0 Å². The van der Waals surface area contributed by atoms with Gasteiger partial charge in [-0.15, -0.1) is 0 Å². The average Bonchev–Trinajstić information content (AvgIpc) is 2.32. The number of benzene rings is 1. The van der Waals surface area contributed by atoms with Crippen LogP contribution in [0, 0.1) is 11.3 Å². The van der Waals surface area contributed by atoms with Crippen LogP contribution in [0.3, 0.4) is 0 Å². The van der Waals surface area contributed by atoms with Gasteiger partial charge in [0.1, 0.15) is 0 Å². The Morgan fingerprint density at radius 1 is 1.47 bits per heavy atom. The second-order valence-electron chi connectivity index (χ2n) is 3.48. The third kappa shape index (κ3) is 4.33. The molecule has 0 bridgehead atoms. The molecule has 0 aromatic heterocycles. The largest absolute Gasteiger partial charge is 0.462 e. The van der Waals surface area contributed by atoms with Crippen LogP contribution < -0.4 is 5.73 Å². The molecule has 0 radical (unpaired) electrons. The average molecular weight is 253 g/mol. The molecule has 0 spiro atoms. The zero-order valence-electron chi connectivity index (χ0n) is 9.28. The van der Waals surface area contributed by atoms with E-state index in [1.807, 2.05) is 6.07 Å². The van der Waals surface area contributed by atoms with Gasteiger partial charge in [-0.3, -0.25) is 0 Å². The van der Waals surface area contributed by atoms with Crippen molar-refractivity contribution in [1.82, 2.24) is 0 Å². The number of halogens is 1. The highest BCUT2D eigenvalue weighted by Gasteiger charge is 2.11. The van der Waals surface area contributed by atoms with Gasteiger partial charge in [0.05, 0.1) is 18.2 Å². The summed E-state index contributed by atoms with van der Waals surface area (Å²) in [4.78, 5) is 11.6. The lowest BCUT2D eigenvalue weighted by Gasteiger charge is -2.06. The smallest absolute Gasteiger partial charge is 0.340 e. The number of ether oxygens (including phenoxy) is 1. The van der Waals surface area contributed by atoms with Crippen molar-refractivity contribution < 1.29 is 9.53 Å². The van der Waals surface area contributed by atoms with Crippen LogP contribution in [0.15, 0.2) is 18.2 Å². The summed E-state index contributed by atoms with van der Waals surface area (Å²) in [5.74, 6) is -0.484. The van der Waals surface area contributed by atoms with Gasteiger partial charge >= 0.3 is 5.97 Å². The molecule has 4 nitrogen and oxygen atoms in total. The molecule has 2 N–H and O–H groups in total. The summed E-state index contributed by atoms with van der Waals surface area (Å²) in [6.07, 6.45) is 1.85. The number of esters is 1. The number of anilines is 1. The van der Waals surface area contributed by atoms with E-state index in [0.29, 0.717) is 23.6 Å². The Kier molecular flexibility index (Phi) is 5.31. The van der Waals surface area contributed by atoms with E-state index in [4.69, 9.17) is 27.3 Å². The Bertz CT molecular complexity index is 441. The van der Waals surface area contributed by atoms with Crippen LogP contribution in [-0.4, -0.2) is 12.6 Å². The van der Waals surface area contributed by atoms with Gasteiger partial charge in [-0.05, 0) is 31.0 Å². The molecule has 0 saturated carbocycles. The minimum atomic E-state index is -0.484. The fraction of sp³-hybridized carbons (Fsp3) is 0.333. The third-order valence-electron chi connectivity index (χ3n) is 2.15. The van der Waals surface area contributed by atoms with Crippen molar-refractivity contribution in [2.75, 3.05) is 12.3 Å². The normalized spacial score (nSPS) is 9.65. The molecule has 0 fully saturated rings. The van der Waals surface area contributed by atoms with Crippen molar-refractivity contribution in [2.45, 2.75) is 19.3 Å². The van der Waals surface area contributed by atoms with Gasteiger partial charge in [-0.1, -0.05) is 11.6 Å². The van der Waals surface area contributed by atoms with Crippen molar-refractivity contribution in [2.24, 2.45) is 0 Å². The molecular formula is C12H13ClN2O2. The number of nitriles is 1. The fourth-order valence-electron chi connectivity index (χ4n) is 1.25. The molecule has 0 aliphatic rings. The topological polar surface area (TPSA) is 76.1 Å². The van der Waals surface area contributed by atoms with E-state index in [2.05, 4.69) is 0 Å². The summed E-state index contributed by atoms with van der Waals surface area (Å²) >= 11 is 5.76. The lowest BCUT2D eigenvalue weighted by molar-refractivity contribution is 0.0500. The molecule has 1 aromatic carbocycles. The van der Waals surface area contributed by atoms with E-state index < -0.39 is 5.97 Å². The second-order valence-corrected chi connectivity index (χ2v) is 3.92. The van der Waals surface area contributed by atoms with Gasteiger partial charge in [0, 0.05) is 17.1 Å². The maximum atomic E-state index is 11.6. The zero-order valence-corrected chi connectivity index (χ0v) is 10.0. The molecular weight excluding hydrogens is 240 g/mol. The molecule has 0 aliphatic heterocycles. The van der Waals surface area contributed by atoms with Crippen LogP contribution >= 0.6 is 11.6 Å². The molecule has 0 atom stereocenters. The number of rotatable bonds is 5. The van der Waals surface area contributed by atoms with E-state index in [0.717, 1.165) is 6.42 Å². The number of nitrogens with zero attached hydrogens (tertiary/aromatic N) is 1. The number of carbonyl (C=O) groups excluding carboxylic acids is 1. The van der Waals surface area contributed by atoms with Gasteiger partial charge in [0.25, 0.3) is 0 Å². The van der Waals surface area contributed by atoms with Gasteiger partial charge in [0.2, 0.25) is 0 Å². The summed E-state index contributed by atoms with van der Waals surface area (Å²) in [6, 6.07) is 6.68. The number of nitrogens with two attached hydrogens (primary N) is 1. The molecule has 17 heavy (non-hydrogen) atoms. The van der Waals surface area contributed by atoms with Crippen LogP contribution in [0.2, 0.25) is 5.02 Å². The molecule has 0 aliphatic carbocycles. The van der Waals surface area contributed by atoms with Crippen molar-refractivity contribution >= 4 is 23.3 Å². The zero-order chi connectivity index (χ0) is 12.7. The fourth-order valence-corrected chi connectivity index (χ4v) is 1.43. The highest BCUT2D eigenvalue weighted by molar-refractivity contribution is 6.31. The van der Waals surface area contributed by atoms with Crippen molar-refractivity contribution in [1.29, 1.82) is 5.26 Å².